The van der Waals surface area contributed by atoms with E-state index in [-0.39, 0.29) is 12.5 Å². The number of aliphatic hydroxyl groups excluding tert-OH is 1. The number of aromatic nitrogens is 1. The van der Waals surface area contributed by atoms with Gasteiger partial charge in [0, 0.05) is 64.0 Å². The average molecular weight is 463 g/mol. The molecule has 0 saturated carbocycles. The van der Waals surface area contributed by atoms with Crippen LogP contribution in [0.3, 0.4) is 0 Å². The van der Waals surface area contributed by atoms with Gasteiger partial charge in [0.25, 0.3) is 5.91 Å². The number of aliphatic hydroxyl groups is 1. The zero-order chi connectivity index (χ0) is 23.8. The summed E-state index contributed by atoms with van der Waals surface area (Å²) < 4.78 is 2.29. The fraction of sp³-hybridized carbons (Fsp3) is 0.464. The minimum absolute atomic E-state index is 0.0140. The Morgan fingerprint density at radius 3 is 2.29 bits per heavy atom. The van der Waals surface area contributed by atoms with Gasteiger partial charge in [-0.3, -0.25) is 4.79 Å². The van der Waals surface area contributed by atoms with E-state index >= 15 is 0 Å². The number of hydrogen-bond donors (Lipinski definition) is 2. The van der Waals surface area contributed by atoms with Crippen molar-refractivity contribution >= 4 is 16.8 Å². The highest BCUT2D eigenvalue weighted by molar-refractivity contribution is 6.07. The average Bonchev–Trinajstić information content (AvgIpc) is 3.26. The molecule has 1 aliphatic rings. The van der Waals surface area contributed by atoms with Gasteiger partial charge in [0.2, 0.25) is 0 Å². The van der Waals surface area contributed by atoms with E-state index < -0.39 is 0 Å². The predicted molar refractivity (Wildman–Crippen MR) is 138 cm³/mol. The smallest absolute Gasteiger partial charge is 0.253 e. The largest absolute Gasteiger partial charge is 0.396 e. The first kappa shape index (κ1) is 24.5. The van der Waals surface area contributed by atoms with Crippen molar-refractivity contribution in [1.29, 1.82) is 0 Å². The van der Waals surface area contributed by atoms with Gasteiger partial charge >= 0.3 is 0 Å². The number of para-hydroxylation sites is 1. The van der Waals surface area contributed by atoms with E-state index in [4.69, 9.17) is 5.11 Å². The molecule has 4 rings (SSSR count). The lowest BCUT2D eigenvalue weighted by atomic mass is 10.1. The molecule has 1 aliphatic heterocycles. The van der Waals surface area contributed by atoms with Crippen LogP contribution < -0.4 is 5.32 Å². The zero-order valence-corrected chi connectivity index (χ0v) is 20.4. The molecule has 1 saturated heterocycles. The number of piperazine rings is 1. The molecule has 1 fully saturated rings. The van der Waals surface area contributed by atoms with Crippen LogP contribution in [0.4, 0.5) is 0 Å². The first-order valence-corrected chi connectivity index (χ1v) is 12.7. The molecular formula is C28H38N4O2. The summed E-state index contributed by atoms with van der Waals surface area (Å²) in [6.07, 6.45) is 4.92. The van der Waals surface area contributed by atoms with Gasteiger partial charge in [0.15, 0.2) is 0 Å². The molecule has 2 aromatic carbocycles. The number of amides is 1. The number of nitrogens with one attached hydrogen (secondary N) is 1. The van der Waals surface area contributed by atoms with Crippen molar-refractivity contribution < 1.29 is 9.90 Å². The lowest BCUT2D eigenvalue weighted by Crippen LogP contribution is -2.46. The first-order valence-electron chi connectivity index (χ1n) is 12.7. The highest BCUT2D eigenvalue weighted by atomic mass is 16.3. The van der Waals surface area contributed by atoms with Gasteiger partial charge in [0.05, 0.1) is 11.1 Å². The topological polar surface area (TPSA) is 60.7 Å². The fourth-order valence-electron chi connectivity index (χ4n) is 4.95. The second kappa shape index (κ2) is 12.2. The van der Waals surface area contributed by atoms with Gasteiger partial charge in [-0.05, 0) is 36.9 Å². The Morgan fingerprint density at radius 2 is 1.62 bits per heavy atom. The van der Waals surface area contributed by atoms with Gasteiger partial charge in [-0.2, -0.15) is 0 Å². The number of carbonyl (C=O) groups is 1. The highest BCUT2D eigenvalue weighted by Gasteiger charge is 2.18. The number of rotatable bonds is 11. The summed E-state index contributed by atoms with van der Waals surface area (Å²) in [6, 6.07) is 16.4. The molecule has 6 nitrogen and oxygen atoms in total. The molecule has 0 unspecified atom stereocenters. The third kappa shape index (κ3) is 6.06. The number of hydrogen-bond acceptors (Lipinski definition) is 4. The lowest BCUT2D eigenvalue weighted by molar-refractivity contribution is 0.0952. The van der Waals surface area contributed by atoms with E-state index in [1.54, 1.807) is 0 Å². The summed E-state index contributed by atoms with van der Waals surface area (Å²) in [5.74, 6) is -0.0140. The van der Waals surface area contributed by atoms with Crippen LogP contribution in [-0.4, -0.2) is 71.3 Å². The molecule has 6 heteroatoms. The minimum Gasteiger partial charge on any atom is -0.396 e. The Morgan fingerprint density at radius 1 is 0.912 bits per heavy atom. The van der Waals surface area contributed by atoms with Crippen molar-refractivity contribution in [2.45, 2.75) is 39.3 Å². The maximum absolute atomic E-state index is 13.1. The summed E-state index contributed by atoms with van der Waals surface area (Å²) in [5.41, 5.74) is 4.35. The lowest BCUT2D eigenvalue weighted by Gasteiger charge is -2.34. The molecule has 0 bridgehead atoms. The van der Waals surface area contributed by atoms with Crippen molar-refractivity contribution in [3.05, 3.63) is 71.4 Å². The molecular weight excluding hydrogens is 424 g/mol. The Labute approximate surface area is 203 Å². The summed E-state index contributed by atoms with van der Waals surface area (Å²) in [5, 5.41) is 13.2. The summed E-state index contributed by atoms with van der Waals surface area (Å²) in [4.78, 5) is 18.1. The summed E-state index contributed by atoms with van der Waals surface area (Å²) in [6.45, 7) is 10.3. The van der Waals surface area contributed by atoms with Gasteiger partial charge < -0.3 is 24.8 Å². The van der Waals surface area contributed by atoms with Gasteiger partial charge in [-0.15, -0.1) is 0 Å². The van der Waals surface area contributed by atoms with Gasteiger partial charge in [-0.1, -0.05) is 55.5 Å². The van der Waals surface area contributed by atoms with Crippen LogP contribution in [0, 0.1) is 0 Å². The van der Waals surface area contributed by atoms with Crippen molar-refractivity contribution in [3.8, 4) is 0 Å². The molecule has 3 aromatic rings. The normalized spacial score (nSPS) is 15.1. The van der Waals surface area contributed by atoms with Crippen LogP contribution in [0.1, 0.15) is 41.3 Å². The third-order valence-electron chi connectivity index (χ3n) is 6.87. The molecule has 0 spiro atoms. The number of nitrogens with zero attached hydrogens (tertiary/aromatic N) is 3. The number of fused-ring (bicyclic) bond motifs is 1. The molecule has 182 valence electrons. The number of benzene rings is 2. The van der Waals surface area contributed by atoms with Gasteiger partial charge in [0.1, 0.15) is 0 Å². The van der Waals surface area contributed by atoms with E-state index in [1.165, 1.54) is 11.1 Å². The number of carbonyl (C=O) groups excluding carboxylic acids is 1. The molecule has 2 N–H and O–H groups in total. The molecule has 34 heavy (non-hydrogen) atoms. The van der Waals surface area contributed by atoms with Crippen LogP contribution in [0.25, 0.3) is 10.9 Å². The van der Waals surface area contributed by atoms with Crippen LogP contribution in [-0.2, 0) is 19.5 Å². The van der Waals surface area contributed by atoms with Crippen LogP contribution in [0.15, 0.2) is 54.7 Å². The Bertz CT molecular complexity index is 1050. The maximum Gasteiger partial charge on any atom is 0.253 e. The van der Waals surface area contributed by atoms with Crippen molar-refractivity contribution in [2.24, 2.45) is 0 Å². The SMILES string of the molecule is CCc1cccc2c(C(=O)NCc3ccccc3)cn(CCCN3CCN(CCCO)CC3)c12. The predicted octanol–water partition coefficient (Wildman–Crippen LogP) is 3.52. The Kier molecular flexibility index (Phi) is 8.74. The van der Waals surface area contributed by atoms with Crippen molar-refractivity contribution in [2.75, 3.05) is 45.9 Å². The minimum atomic E-state index is -0.0140. The summed E-state index contributed by atoms with van der Waals surface area (Å²) in [7, 11) is 0. The second-order valence-corrected chi connectivity index (χ2v) is 9.19. The second-order valence-electron chi connectivity index (χ2n) is 9.19. The van der Waals surface area contributed by atoms with Crippen LogP contribution in [0.2, 0.25) is 0 Å². The van der Waals surface area contributed by atoms with E-state index in [9.17, 15) is 4.79 Å². The fourth-order valence-corrected chi connectivity index (χ4v) is 4.95. The number of aryl methyl sites for hydroxylation is 2. The standard InChI is InChI=1S/C28H38N4O2/c1-2-24-11-6-12-25-26(28(34)29-21-23-9-4-3-5-10-23)22-32(27(24)25)15-7-13-30-16-18-31(19-17-30)14-8-20-33/h3-6,9-12,22,33H,2,7-8,13-21H2,1H3,(H,29,34). The van der Waals surface area contributed by atoms with E-state index in [2.05, 4.69) is 51.0 Å². The zero-order valence-electron chi connectivity index (χ0n) is 20.4. The third-order valence-corrected chi connectivity index (χ3v) is 6.87. The van der Waals surface area contributed by atoms with E-state index in [0.717, 1.165) is 81.6 Å². The Hall–Kier alpha value is -2.67. The Balaban J connectivity index is 1.40. The van der Waals surface area contributed by atoms with Gasteiger partial charge in [-0.25, -0.2) is 0 Å². The van der Waals surface area contributed by atoms with E-state index in [1.807, 2.05) is 30.3 Å². The van der Waals surface area contributed by atoms with Crippen molar-refractivity contribution in [1.82, 2.24) is 19.7 Å². The maximum atomic E-state index is 13.1. The molecule has 0 radical (unpaired) electrons. The summed E-state index contributed by atoms with van der Waals surface area (Å²) >= 11 is 0. The molecule has 1 aromatic heterocycles. The monoisotopic (exact) mass is 462 g/mol. The van der Waals surface area contributed by atoms with Crippen molar-refractivity contribution in [3.63, 3.8) is 0 Å². The first-order chi connectivity index (χ1) is 16.7. The highest BCUT2D eigenvalue weighted by Crippen LogP contribution is 2.26. The molecule has 2 heterocycles. The quantitative estimate of drug-likeness (QED) is 0.458. The molecule has 0 aliphatic carbocycles. The van der Waals surface area contributed by atoms with Crippen LogP contribution in [0.5, 0.6) is 0 Å². The molecule has 0 atom stereocenters. The molecule has 1 amide bonds. The van der Waals surface area contributed by atoms with E-state index in [0.29, 0.717) is 6.54 Å². The van der Waals surface area contributed by atoms with Crippen LogP contribution >= 0.6 is 0 Å².